The highest BCUT2D eigenvalue weighted by atomic mass is 19.2. The fourth-order valence-corrected chi connectivity index (χ4v) is 4.17. The van der Waals surface area contributed by atoms with Gasteiger partial charge in [0.05, 0.1) is 5.69 Å². The van der Waals surface area contributed by atoms with Crippen molar-refractivity contribution in [3.8, 4) is 11.1 Å². The molecule has 3 aromatic rings. The molecule has 1 aliphatic rings. The van der Waals surface area contributed by atoms with Gasteiger partial charge in [-0.05, 0) is 49.6 Å². The van der Waals surface area contributed by atoms with E-state index in [2.05, 4.69) is 33.4 Å². The third-order valence-electron chi connectivity index (χ3n) is 6.14. The predicted octanol–water partition coefficient (Wildman–Crippen LogP) is 5.49. The zero-order valence-corrected chi connectivity index (χ0v) is 18.8. The van der Waals surface area contributed by atoms with Crippen LogP contribution in [0.5, 0.6) is 0 Å². The van der Waals surface area contributed by atoms with Gasteiger partial charge >= 0.3 is 0 Å². The number of nitrogens with one attached hydrogen (secondary N) is 1. The van der Waals surface area contributed by atoms with Gasteiger partial charge in [0.15, 0.2) is 17.5 Å². The molecule has 0 amide bonds. The molecule has 4 rings (SSSR count). The van der Waals surface area contributed by atoms with Crippen LogP contribution in [-0.4, -0.2) is 49.2 Å². The van der Waals surface area contributed by atoms with Crippen LogP contribution in [0.4, 0.5) is 24.7 Å². The molecule has 33 heavy (non-hydrogen) atoms. The molecule has 1 fully saturated rings. The van der Waals surface area contributed by atoms with E-state index in [1.165, 1.54) is 12.5 Å². The molecule has 174 valence electrons. The first-order valence-corrected chi connectivity index (χ1v) is 11.4. The smallest absolute Gasteiger partial charge is 0.164 e. The lowest BCUT2D eigenvalue weighted by Gasteiger charge is -2.36. The van der Waals surface area contributed by atoms with Gasteiger partial charge in [-0.3, -0.25) is 4.90 Å². The average molecular weight is 455 g/mol. The zero-order valence-electron chi connectivity index (χ0n) is 18.8. The van der Waals surface area contributed by atoms with E-state index < -0.39 is 17.5 Å². The van der Waals surface area contributed by atoms with Gasteiger partial charge in [0.1, 0.15) is 5.82 Å². The second kappa shape index (κ2) is 10.7. The Morgan fingerprint density at radius 2 is 1.64 bits per heavy atom. The van der Waals surface area contributed by atoms with Crippen molar-refractivity contribution in [3.05, 3.63) is 77.7 Å². The maximum absolute atomic E-state index is 14.4. The molecule has 0 bridgehead atoms. The first-order chi connectivity index (χ1) is 16.0. The lowest BCUT2D eigenvalue weighted by atomic mass is 10.1. The zero-order chi connectivity index (χ0) is 23.2. The molecular weight excluding hydrogens is 425 g/mol. The Kier molecular flexibility index (Phi) is 7.50. The number of rotatable bonds is 8. The maximum atomic E-state index is 14.4. The molecule has 1 aromatic heterocycles. The van der Waals surface area contributed by atoms with Crippen molar-refractivity contribution in [2.45, 2.75) is 19.8 Å². The van der Waals surface area contributed by atoms with Crippen molar-refractivity contribution in [3.63, 3.8) is 0 Å². The first-order valence-electron chi connectivity index (χ1n) is 11.4. The number of hydrogen-bond donors (Lipinski definition) is 1. The number of nitrogens with zero attached hydrogens (tertiary/aromatic N) is 3. The minimum absolute atomic E-state index is 0.153. The van der Waals surface area contributed by atoms with Crippen molar-refractivity contribution in [2.24, 2.45) is 0 Å². The van der Waals surface area contributed by atoms with Crippen LogP contribution in [-0.2, 0) is 0 Å². The van der Waals surface area contributed by atoms with Gasteiger partial charge in [0.2, 0.25) is 0 Å². The van der Waals surface area contributed by atoms with Crippen LogP contribution in [0, 0.1) is 24.4 Å². The van der Waals surface area contributed by atoms with E-state index in [1.807, 2.05) is 30.5 Å². The number of halogens is 3. The Bertz CT molecular complexity index is 1070. The second-order valence-corrected chi connectivity index (χ2v) is 8.39. The highest BCUT2D eigenvalue weighted by Crippen LogP contribution is 2.27. The van der Waals surface area contributed by atoms with Crippen LogP contribution in [0.2, 0.25) is 0 Å². The van der Waals surface area contributed by atoms with Gasteiger partial charge in [0.25, 0.3) is 0 Å². The number of hydrogen-bond acceptors (Lipinski definition) is 4. The molecule has 0 radical (unpaired) electrons. The van der Waals surface area contributed by atoms with E-state index >= 15 is 0 Å². The van der Waals surface area contributed by atoms with Crippen LogP contribution in [0.1, 0.15) is 18.4 Å². The molecule has 2 aromatic carbocycles. The van der Waals surface area contributed by atoms with Crippen molar-refractivity contribution >= 4 is 11.5 Å². The lowest BCUT2D eigenvalue weighted by Crippen LogP contribution is -2.47. The van der Waals surface area contributed by atoms with E-state index in [9.17, 15) is 13.2 Å². The minimum Gasteiger partial charge on any atom is -0.370 e. The average Bonchev–Trinajstić information content (AvgIpc) is 2.86. The molecule has 4 nitrogen and oxygen atoms in total. The van der Waals surface area contributed by atoms with E-state index in [0.29, 0.717) is 13.1 Å². The van der Waals surface area contributed by atoms with Gasteiger partial charge in [0, 0.05) is 50.6 Å². The summed E-state index contributed by atoms with van der Waals surface area (Å²) in [6.07, 6.45) is 3.86. The van der Waals surface area contributed by atoms with Gasteiger partial charge in [-0.15, -0.1) is 0 Å². The summed E-state index contributed by atoms with van der Waals surface area (Å²) in [5.74, 6) is -1.90. The van der Waals surface area contributed by atoms with Crippen LogP contribution >= 0.6 is 0 Å². The monoisotopic (exact) mass is 454 g/mol. The highest BCUT2D eigenvalue weighted by Gasteiger charge is 2.23. The third-order valence-corrected chi connectivity index (χ3v) is 6.14. The SMILES string of the molecule is Cc1c(F)c(F)cc(N2CCN(CCCCNc3cc(-c4ccccc4)ccn3)CC2)c1F. The number of unbranched alkanes of at least 4 members (excludes halogenated alkanes) is 1. The van der Waals surface area contributed by atoms with Crippen LogP contribution in [0.3, 0.4) is 0 Å². The number of pyridine rings is 1. The Labute approximate surface area is 193 Å². The maximum Gasteiger partial charge on any atom is 0.164 e. The van der Waals surface area contributed by atoms with Gasteiger partial charge in [-0.25, -0.2) is 18.2 Å². The number of benzene rings is 2. The Hall–Kier alpha value is -3.06. The second-order valence-electron chi connectivity index (χ2n) is 8.39. The normalized spacial score (nSPS) is 14.5. The molecule has 1 N–H and O–H groups in total. The van der Waals surface area contributed by atoms with Crippen LogP contribution in [0.15, 0.2) is 54.7 Å². The molecule has 0 saturated carbocycles. The third kappa shape index (κ3) is 5.66. The largest absolute Gasteiger partial charge is 0.370 e. The van der Waals surface area contributed by atoms with Gasteiger partial charge in [-0.2, -0.15) is 0 Å². The molecule has 0 spiro atoms. The summed E-state index contributed by atoms with van der Waals surface area (Å²) >= 11 is 0. The van der Waals surface area contributed by atoms with Crippen LogP contribution in [0.25, 0.3) is 11.1 Å². The Morgan fingerprint density at radius 1 is 0.879 bits per heavy atom. The summed E-state index contributed by atoms with van der Waals surface area (Å²) in [5.41, 5.74) is 2.20. The van der Waals surface area contributed by atoms with Crippen molar-refractivity contribution in [1.82, 2.24) is 9.88 Å². The first kappa shape index (κ1) is 23.1. The fourth-order valence-electron chi connectivity index (χ4n) is 4.17. The summed E-state index contributed by atoms with van der Waals surface area (Å²) in [6.45, 7) is 5.79. The van der Waals surface area contributed by atoms with Crippen molar-refractivity contribution < 1.29 is 13.2 Å². The molecule has 0 aliphatic carbocycles. The quantitative estimate of drug-likeness (QED) is 0.360. The van der Waals surface area contributed by atoms with Gasteiger partial charge in [-0.1, -0.05) is 30.3 Å². The van der Waals surface area contributed by atoms with E-state index in [1.54, 1.807) is 4.90 Å². The van der Waals surface area contributed by atoms with Crippen molar-refractivity contribution in [2.75, 3.05) is 49.5 Å². The Balaban J connectivity index is 1.19. The molecule has 1 aliphatic heterocycles. The van der Waals surface area contributed by atoms with E-state index in [4.69, 9.17) is 0 Å². The summed E-state index contributed by atoms with van der Waals surface area (Å²) in [4.78, 5) is 8.54. The minimum atomic E-state index is -1.11. The summed E-state index contributed by atoms with van der Waals surface area (Å²) in [7, 11) is 0. The van der Waals surface area contributed by atoms with E-state index in [-0.39, 0.29) is 11.3 Å². The number of piperazine rings is 1. The molecular formula is C26H29F3N4. The molecule has 2 heterocycles. The molecule has 1 saturated heterocycles. The predicted molar refractivity (Wildman–Crippen MR) is 127 cm³/mol. The molecule has 0 unspecified atom stereocenters. The molecule has 7 heteroatoms. The summed E-state index contributed by atoms with van der Waals surface area (Å²) in [5, 5.41) is 3.40. The fraction of sp³-hybridized carbons (Fsp3) is 0.346. The standard InChI is InChI=1S/C26H29F3N4/c1-19-25(28)22(27)18-23(26(19)29)33-15-13-32(14-16-33)12-6-5-10-30-24-17-21(9-11-31-24)20-7-3-2-4-8-20/h2-4,7-9,11,17-18H,5-6,10,12-16H2,1H3,(H,30,31). The number of anilines is 2. The number of aromatic nitrogens is 1. The van der Waals surface area contributed by atoms with E-state index in [0.717, 1.165) is 56.5 Å². The highest BCUT2D eigenvalue weighted by molar-refractivity contribution is 5.66. The van der Waals surface area contributed by atoms with Gasteiger partial charge < -0.3 is 10.2 Å². The summed E-state index contributed by atoms with van der Waals surface area (Å²) < 4.78 is 41.7. The summed E-state index contributed by atoms with van der Waals surface area (Å²) in [6, 6.07) is 15.3. The topological polar surface area (TPSA) is 31.4 Å². The van der Waals surface area contributed by atoms with Crippen molar-refractivity contribution in [1.29, 1.82) is 0 Å². The van der Waals surface area contributed by atoms with Crippen LogP contribution < -0.4 is 10.2 Å². The molecule has 0 atom stereocenters. The lowest BCUT2D eigenvalue weighted by molar-refractivity contribution is 0.253. The Morgan fingerprint density at radius 3 is 2.39 bits per heavy atom.